The Hall–Kier alpha value is -1.32. The summed E-state index contributed by atoms with van der Waals surface area (Å²) in [5.74, 6) is -1.26. The van der Waals surface area contributed by atoms with E-state index in [-0.39, 0.29) is 5.71 Å². The fourth-order valence-corrected chi connectivity index (χ4v) is 0.874. The normalized spacial score (nSPS) is 9.31. The van der Waals surface area contributed by atoms with Crippen molar-refractivity contribution in [2.45, 2.75) is 32.6 Å². The Morgan fingerprint density at radius 2 is 1.92 bits per heavy atom. The van der Waals surface area contributed by atoms with Gasteiger partial charge in [0.25, 0.3) is 0 Å². The smallest absolute Gasteiger partial charge is 0.241 e. The van der Waals surface area contributed by atoms with E-state index < -0.39 is 11.6 Å². The van der Waals surface area contributed by atoms with Crippen LogP contribution in [0.2, 0.25) is 0 Å². The Balaban J connectivity index is 3.69. The summed E-state index contributed by atoms with van der Waals surface area (Å²) in [6.07, 6.45) is 3.79. The van der Waals surface area contributed by atoms with Gasteiger partial charge in [0.2, 0.25) is 11.6 Å². The molecule has 0 heterocycles. The average molecular weight is 182 g/mol. The predicted molar refractivity (Wildman–Crippen MR) is 50.7 cm³/mol. The molecule has 0 rings (SSSR count). The van der Waals surface area contributed by atoms with Gasteiger partial charge in [-0.1, -0.05) is 0 Å². The van der Waals surface area contributed by atoms with Crippen molar-refractivity contribution in [1.29, 1.82) is 10.8 Å². The first-order valence-corrected chi connectivity index (χ1v) is 4.21. The maximum atomic E-state index is 10.9. The van der Waals surface area contributed by atoms with Crippen molar-refractivity contribution >= 4 is 23.5 Å². The van der Waals surface area contributed by atoms with E-state index in [4.69, 9.17) is 10.8 Å². The fourth-order valence-electron chi connectivity index (χ4n) is 0.874. The Morgan fingerprint density at radius 1 is 1.31 bits per heavy atom. The van der Waals surface area contributed by atoms with Crippen LogP contribution in [-0.2, 0) is 9.59 Å². The van der Waals surface area contributed by atoms with E-state index in [1.54, 1.807) is 0 Å². The first-order chi connectivity index (χ1) is 6.09. The van der Waals surface area contributed by atoms with Gasteiger partial charge in [-0.2, -0.15) is 0 Å². The second kappa shape index (κ2) is 6.22. The molecule has 13 heavy (non-hydrogen) atoms. The lowest BCUT2D eigenvalue weighted by Crippen LogP contribution is -2.20. The van der Waals surface area contributed by atoms with Crippen LogP contribution in [0.15, 0.2) is 0 Å². The number of Topliss-reactive ketones (excluding diaryl/α,β-unsaturated/α-hetero) is 2. The zero-order chi connectivity index (χ0) is 10.3. The average Bonchev–Trinajstić information content (AvgIpc) is 2.10. The van der Waals surface area contributed by atoms with Crippen molar-refractivity contribution in [3.05, 3.63) is 0 Å². The number of ketones is 2. The number of nitrogens with one attached hydrogen (secondary N) is 2. The number of hydrogen-bond donors (Lipinski definition) is 2. The van der Waals surface area contributed by atoms with Gasteiger partial charge in [0.15, 0.2) is 0 Å². The van der Waals surface area contributed by atoms with Crippen LogP contribution in [0.4, 0.5) is 0 Å². The first-order valence-electron chi connectivity index (χ1n) is 4.21. The first kappa shape index (κ1) is 11.7. The van der Waals surface area contributed by atoms with Crippen molar-refractivity contribution in [3.63, 3.8) is 0 Å². The maximum Gasteiger partial charge on any atom is 0.241 e. The molecule has 4 heteroatoms. The van der Waals surface area contributed by atoms with E-state index in [9.17, 15) is 9.59 Å². The zero-order valence-corrected chi connectivity index (χ0v) is 7.72. The highest BCUT2D eigenvalue weighted by atomic mass is 16.2. The molecule has 0 saturated carbocycles. The molecule has 0 saturated heterocycles. The molecule has 2 N–H and O–H groups in total. The molecule has 0 bridgehead atoms. The summed E-state index contributed by atoms with van der Waals surface area (Å²) >= 11 is 0. The molecule has 0 radical (unpaired) electrons. The molecular formula is C9H14N2O2. The van der Waals surface area contributed by atoms with Crippen molar-refractivity contribution in [1.82, 2.24) is 0 Å². The molecule has 4 nitrogen and oxygen atoms in total. The Kier molecular flexibility index (Phi) is 5.59. The van der Waals surface area contributed by atoms with Crippen LogP contribution >= 0.6 is 0 Å². The number of carbonyl (C=O) groups is 2. The van der Waals surface area contributed by atoms with E-state index >= 15 is 0 Å². The van der Waals surface area contributed by atoms with Gasteiger partial charge in [0.05, 0.1) is 5.71 Å². The van der Waals surface area contributed by atoms with Crippen LogP contribution in [0.3, 0.4) is 0 Å². The van der Waals surface area contributed by atoms with Gasteiger partial charge in [0.1, 0.15) is 0 Å². The van der Waals surface area contributed by atoms with Crippen LogP contribution < -0.4 is 0 Å². The van der Waals surface area contributed by atoms with Crippen molar-refractivity contribution in [2.24, 2.45) is 0 Å². The van der Waals surface area contributed by atoms with E-state index in [0.717, 1.165) is 6.42 Å². The van der Waals surface area contributed by atoms with Gasteiger partial charge in [0, 0.05) is 6.92 Å². The number of rotatable bonds is 7. The molecule has 0 aliphatic carbocycles. The monoisotopic (exact) mass is 182 g/mol. The molecule has 0 atom stereocenters. The second-order valence-corrected chi connectivity index (χ2v) is 2.81. The van der Waals surface area contributed by atoms with E-state index in [2.05, 4.69) is 0 Å². The summed E-state index contributed by atoms with van der Waals surface area (Å²) in [5.41, 5.74) is -0.113. The van der Waals surface area contributed by atoms with Crippen molar-refractivity contribution < 1.29 is 9.59 Å². The fraction of sp³-hybridized carbons (Fsp3) is 0.556. The SMILES string of the molecule is CC(=O)C(=O)C(=N)CCCCC=N. The topological polar surface area (TPSA) is 81.8 Å². The second-order valence-electron chi connectivity index (χ2n) is 2.81. The quantitative estimate of drug-likeness (QED) is 0.354. The minimum atomic E-state index is -0.685. The minimum absolute atomic E-state index is 0.113. The maximum absolute atomic E-state index is 10.9. The molecule has 0 aromatic carbocycles. The van der Waals surface area contributed by atoms with E-state index in [1.165, 1.54) is 13.1 Å². The summed E-state index contributed by atoms with van der Waals surface area (Å²) in [4.78, 5) is 21.4. The Bertz CT molecular complexity index is 234. The largest absolute Gasteiger partial charge is 0.313 e. The minimum Gasteiger partial charge on any atom is -0.313 e. The third-order valence-electron chi connectivity index (χ3n) is 1.62. The summed E-state index contributed by atoms with van der Waals surface area (Å²) in [7, 11) is 0. The molecule has 0 unspecified atom stereocenters. The van der Waals surface area contributed by atoms with Crippen molar-refractivity contribution in [2.75, 3.05) is 0 Å². The molecule has 0 amide bonds. The van der Waals surface area contributed by atoms with Crippen LogP contribution in [0.5, 0.6) is 0 Å². The van der Waals surface area contributed by atoms with Gasteiger partial charge in [-0.15, -0.1) is 0 Å². The van der Waals surface area contributed by atoms with E-state index in [0.29, 0.717) is 19.3 Å². The van der Waals surface area contributed by atoms with E-state index in [1.807, 2.05) is 0 Å². The van der Waals surface area contributed by atoms with Crippen molar-refractivity contribution in [3.8, 4) is 0 Å². The molecule has 0 aromatic heterocycles. The lowest BCUT2D eigenvalue weighted by Gasteiger charge is -1.98. The zero-order valence-electron chi connectivity index (χ0n) is 7.72. The Morgan fingerprint density at radius 3 is 2.38 bits per heavy atom. The summed E-state index contributed by atoms with van der Waals surface area (Å²) in [6.45, 7) is 1.18. The summed E-state index contributed by atoms with van der Waals surface area (Å²) in [6, 6.07) is 0. The van der Waals surface area contributed by atoms with Crippen LogP contribution in [0.25, 0.3) is 0 Å². The lowest BCUT2D eigenvalue weighted by atomic mass is 10.1. The molecule has 0 aliphatic rings. The summed E-state index contributed by atoms with van der Waals surface area (Å²) in [5, 5.41) is 14.0. The van der Waals surface area contributed by atoms with Gasteiger partial charge >= 0.3 is 0 Å². The number of unbranched alkanes of at least 4 members (excludes halogenated alkanes) is 2. The third kappa shape index (κ3) is 5.00. The molecule has 72 valence electrons. The highest BCUT2D eigenvalue weighted by Gasteiger charge is 2.13. The van der Waals surface area contributed by atoms with Gasteiger partial charge in [-0.05, 0) is 31.9 Å². The number of hydrogen-bond acceptors (Lipinski definition) is 4. The van der Waals surface area contributed by atoms with Crippen LogP contribution in [0.1, 0.15) is 32.6 Å². The van der Waals surface area contributed by atoms with Gasteiger partial charge in [-0.25, -0.2) is 0 Å². The summed E-state index contributed by atoms with van der Waals surface area (Å²) < 4.78 is 0. The van der Waals surface area contributed by atoms with Gasteiger partial charge < -0.3 is 10.8 Å². The number of carbonyl (C=O) groups excluding carboxylic acids is 2. The predicted octanol–water partition coefficient (Wildman–Crippen LogP) is 1.37. The molecule has 0 aromatic rings. The lowest BCUT2D eigenvalue weighted by molar-refractivity contribution is -0.131. The molecule has 0 spiro atoms. The highest BCUT2D eigenvalue weighted by Crippen LogP contribution is 2.00. The third-order valence-corrected chi connectivity index (χ3v) is 1.62. The Labute approximate surface area is 77.4 Å². The van der Waals surface area contributed by atoms with Crippen LogP contribution in [-0.4, -0.2) is 23.5 Å². The molecular weight excluding hydrogens is 168 g/mol. The van der Waals surface area contributed by atoms with Gasteiger partial charge in [-0.3, -0.25) is 9.59 Å². The molecule has 0 aliphatic heterocycles. The van der Waals surface area contributed by atoms with Crippen LogP contribution in [0, 0.1) is 10.8 Å². The molecule has 0 fully saturated rings. The standard InChI is InChI=1S/C9H14N2O2/c1-7(12)9(13)8(11)5-3-2-4-6-10/h6,10-11H,2-5H2,1H3. The highest BCUT2D eigenvalue weighted by molar-refractivity contribution is 6.64.